The highest BCUT2D eigenvalue weighted by Gasteiger charge is 2.22. The number of pyridine rings is 2. The molecule has 0 spiro atoms. The van der Waals surface area contributed by atoms with E-state index in [1.807, 2.05) is 85.2 Å². The van der Waals surface area contributed by atoms with E-state index < -0.39 is 0 Å². The number of hydrogen-bond acceptors (Lipinski definition) is 10. The van der Waals surface area contributed by atoms with Gasteiger partial charge in [0, 0.05) is 58.2 Å². The van der Waals surface area contributed by atoms with Gasteiger partial charge >= 0.3 is 0 Å². The molecule has 0 aliphatic heterocycles. The minimum Gasteiger partial charge on any atom is -0.493 e. The van der Waals surface area contributed by atoms with E-state index in [2.05, 4.69) is 71.5 Å². The summed E-state index contributed by atoms with van der Waals surface area (Å²) in [6, 6.07) is 44.3. The van der Waals surface area contributed by atoms with Crippen molar-refractivity contribution in [2.45, 2.75) is 13.8 Å². The molecule has 6 aromatic carbocycles. The summed E-state index contributed by atoms with van der Waals surface area (Å²) in [7, 11) is 6.37. The molecule has 0 N–H and O–H groups in total. The second-order valence-corrected chi connectivity index (χ2v) is 16.3. The van der Waals surface area contributed by atoms with Crippen LogP contribution in [0.2, 0.25) is 0 Å². The Morgan fingerprint density at radius 2 is 0.809 bits per heavy atom. The molecular formula is C56H44N6O6. The first kappa shape index (κ1) is 41.8. The predicted molar refractivity (Wildman–Crippen MR) is 266 cm³/mol. The van der Waals surface area contributed by atoms with Crippen molar-refractivity contribution in [1.29, 1.82) is 0 Å². The molecule has 0 amide bonds. The Morgan fingerprint density at radius 1 is 0.382 bits per heavy atom. The summed E-state index contributed by atoms with van der Waals surface area (Å²) in [6.07, 6.45) is 7.03. The van der Waals surface area contributed by atoms with Crippen molar-refractivity contribution < 1.29 is 28.4 Å². The lowest BCUT2D eigenvalue weighted by Gasteiger charge is -2.17. The fraction of sp³-hybridized carbons (Fsp3) is 0.107. The van der Waals surface area contributed by atoms with E-state index in [0.29, 0.717) is 68.5 Å². The first-order valence-electron chi connectivity index (χ1n) is 22.0. The first-order chi connectivity index (χ1) is 33.3. The summed E-state index contributed by atoms with van der Waals surface area (Å²) in [5.41, 5.74) is 8.57. The predicted octanol–water partition coefficient (Wildman–Crippen LogP) is 13.0. The molecule has 0 saturated carbocycles. The van der Waals surface area contributed by atoms with Crippen molar-refractivity contribution in [1.82, 2.24) is 29.1 Å². The lowest BCUT2D eigenvalue weighted by molar-refractivity contribution is 0.353. The molecule has 0 saturated heterocycles. The van der Waals surface area contributed by atoms with Gasteiger partial charge in [-0.1, -0.05) is 36.4 Å². The van der Waals surface area contributed by atoms with Crippen LogP contribution in [0, 0.1) is 13.8 Å². The fourth-order valence-electron chi connectivity index (χ4n) is 9.06. The number of aryl methyl sites for hydroxylation is 2. The van der Waals surface area contributed by atoms with Crippen LogP contribution in [0.1, 0.15) is 11.1 Å². The van der Waals surface area contributed by atoms with Gasteiger partial charge in [-0.25, -0.2) is 9.97 Å². The van der Waals surface area contributed by atoms with Gasteiger partial charge in [0.15, 0.2) is 23.0 Å². The number of ether oxygens (including phenoxy) is 6. The quantitative estimate of drug-likeness (QED) is 0.117. The molecule has 12 heteroatoms. The van der Waals surface area contributed by atoms with E-state index in [1.165, 1.54) is 0 Å². The van der Waals surface area contributed by atoms with E-state index in [4.69, 9.17) is 48.4 Å². The maximum Gasteiger partial charge on any atom is 0.170 e. The maximum absolute atomic E-state index is 6.62. The maximum atomic E-state index is 6.62. The molecule has 5 heterocycles. The summed E-state index contributed by atoms with van der Waals surface area (Å²) < 4.78 is 41.1. The van der Waals surface area contributed by atoms with Crippen LogP contribution in [-0.4, -0.2) is 57.5 Å². The van der Waals surface area contributed by atoms with Gasteiger partial charge in [-0.3, -0.25) is 19.1 Å². The molecule has 0 unspecified atom stereocenters. The van der Waals surface area contributed by atoms with Crippen molar-refractivity contribution in [3.63, 3.8) is 0 Å². The van der Waals surface area contributed by atoms with Gasteiger partial charge in [-0.15, -0.1) is 0 Å². The van der Waals surface area contributed by atoms with Crippen LogP contribution in [0.3, 0.4) is 0 Å². The largest absolute Gasteiger partial charge is 0.493 e. The van der Waals surface area contributed by atoms with Gasteiger partial charge in [-0.2, -0.15) is 0 Å². The fourth-order valence-corrected chi connectivity index (χ4v) is 9.06. The van der Waals surface area contributed by atoms with Crippen LogP contribution < -0.4 is 28.4 Å². The van der Waals surface area contributed by atoms with E-state index in [-0.39, 0.29) is 0 Å². The van der Waals surface area contributed by atoms with Gasteiger partial charge in [0.1, 0.15) is 34.6 Å². The summed E-state index contributed by atoms with van der Waals surface area (Å²) >= 11 is 0. The highest BCUT2D eigenvalue weighted by molar-refractivity contribution is 6.10. The summed E-state index contributed by atoms with van der Waals surface area (Å²) in [6.45, 7) is 4.13. The van der Waals surface area contributed by atoms with Gasteiger partial charge in [0.05, 0.1) is 85.4 Å². The molecule has 0 atom stereocenters. The van der Waals surface area contributed by atoms with Crippen molar-refractivity contribution in [2.24, 2.45) is 0 Å². The number of benzene rings is 6. The second-order valence-electron chi connectivity index (χ2n) is 16.3. The Hall–Kier alpha value is -8.90. The summed E-state index contributed by atoms with van der Waals surface area (Å²) in [5.74, 6) is 5.84. The number of nitrogens with zero attached hydrogens (tertiary/aromatic N) is 6. The molecule has 5 aromatic heterocycles. The smallest absolute Gasteiger partial charge is 0.170 e. The molecule has 0 aliphatic rings. The Morgan fingerprint density at radius 3 is 1.21 bits per heavy atom. The van der Waals surface area contributed by atoms with Gasteiger partial charge in [-0.05, 0) is 97.8 Å². The zero-order chi connectivity index (χ0) is 46.5. The van der Waals surface area contributed by atoms with Crippen LogP contribution in [0.15, 0.2) is 158 Å². The average molecular weight is 897 g/mol. The third-order valence-corrected chi connectivity index (χ3v) is 12.1. The topological polar surface area (TPSA) is 117 Å². The molecule has 334 valence electrons. The van der Waals surface area contributed by atoms with Crippen LogP contribution in [0.4, 0.5) is 0 Å². The Labute approximate surface area is 391 Å². The molecule has 0 aliphatic carbocycles. The zero-order valence-electron chi connectivity index (χ0n) is 38.1. The normalized spacial score (nSPS) is 11.4. The van der Waals surface area contributed by atoms with Crippen LogP contribution in [-0.2, 0) is 0 Å². The molecule has 68 heavy (non-hydrogen) atoms. The SMILES string of the molecule is COc1cc(Oc2ccc3c4ccccc4n(-c4cc(C)ccn4)c3c2)cc(-c2cnc(-c3cc(Oc4ccc5c6ccccc6n(-c6cc(C)ccn6)c5c4)cc(OC)c3OC)cn2)c1OC. The molecule has 0 fully saturated rings. The lowest BCUT2D eigenvalue weighted by atomic mass is 10.1. The zero-order valence-corrected chi connectivity index (χ0v) is 38.1. The third kappa shape index (κ3) is 7.28. The number of para-hydroxylation sites is 2. The van der Waals surface area contributed by atoms with E-state index >= 15 is 0 Å². The average Bonchev–Trinajstić information content (AvgIpc) is 3.88. The summed E-state index contributed by atoms with van der Waals surface area (Å²) in [5, 5.41) is 4.42. The standard InChI is InChI=1S/C56H44N6O6/c1-33-19-21-57-53(23-33)61-47-13-9-7-11-39(47)41-17-15-35(27-49(41)61)67-37-25-43(55(65-5)51(29-37)63-3)45-31-60-46(32-59-45)44-26-38(30-52(64-4)56(44)66-6)68-36-16-18-42-40-12-8-10-14-48(40)62(50(42)28-36)54-24-34(2)20-22-58-54/h7-32H,1-6H3. The Kier molecular flexibility index (Phi) is 10.5. The monoisotopic (exact) mass is 896 g/mol. The molecule has 0 radical (unpaired) electrons. The number of aromatic nitrogens is 6. The third-order valence-electron chi connectivity index (χ3n) is 12.1. The number of methoxy groups -OCH3 is 4. The number of fused-ring (bicyclic) bond motifs is 6. The van der Waals surface area contributed by atoms with Crippen LogP contribution >= 0.6 is 0 Å². The molecule has 11 aromatic rings. The second kappa shape index (κ2) is 17.1. The van der Waals surface area contributed by atoms with Crippen molar-refractivity contribution in [3.05, 3.63) is 169 Å². The summed E-state index contributed by atoms with van der Waals surface area (Å²) in [4.78, 5) is 19.3. The molecule has 0 bridgehead atoms. The Balaban J connectivity index is 0.938. The molecule has 11 rings (SSSR count). The number of hydrogen-bond donors (Lipinski definition) is 0. The minimum atomic E-state index is 0.468. The van der Waals surface area contributed by atoms with E-state index in [9.17, 15) is 0 Å². The van der Waals surface area contributed by atoms with E-state index in [1.54, 1.807) is 53.0 Å². The highest BCUT2D eigenvalue weighted by atomic mass is 16.5. The highest BCUT2D eigenvalue weighted by Crippen LogP contribution is 2.45. The van der Waals surface area contributed by atoms with Crippen LogP contribution in [0.5, 0.6) is 46.0 Å². The molecule has 12 nitrogen and oxygen atoms in total. The van der Waals surface area contributed by atoms with Crippen LogP contribution in [0.25, 0.3) is 77.8 Å². The van der Waals surface area contributed by atoms with Crippen molar-refractivity contribution >= 4 is 43.6 Å². The van der Waals surface area contributed by atoms with Gasteiger partial charge in [0.2, 0.25) is 0 Å². The first-order valence-corrected chi connectivity index (χ1v) is 22.0. The number of rotatable bonds is 12. The van der Waals surface area contributed by atoms with Crippen molar-refractivity contribution in [2.75, 3.05) is 28.4 Å². The minimum absolute atomic E-state index is 0.468. The Bertz CT molecular complexity index is 3490. The van der Waals surface area contributed by atoms with E-state index in [0.717, 1.165) is 66.4 Å². The van der Waals surface area contributed by atoms with Gasteiger partial charge in [0.25, 0.3) is 0 Å². The van der Waals surface area contributed by atoms with Gasteiger partial charge < -0.3 is 28.4 Å². The lowest BCUT2D eigenvalue weighted by Crippen LogP contribution is -1.99. The molecular weight excluding hydrogens is 853 g/mol. The van der Waals surface area contributed by atoms with Crippen molar-refractivity contribution in [3.8, 4) is 80.1 Å².